The van der Waals surface area contributed by atoms with Crippen LogP contribution in [-0.4, -0.2) is 12.5 Å². The van der Waals surface area contributed by atoms with Crippen molar-refractivity contribution in [1.29, 1.82) is 0 Å². The summed E-state index contributed by atoms with van der Waals surface area (Å²) in [5.74, 6) is -1.69. The van der Waals surface area contributed by atoms with Gasteiger partial charge < -0.3 is 11.1 Å². The topological polar surface area (TPSA) is 59.7 Å². The Morgan fingerprint density at radius 3 is 2.73 bits per heavy atom. The van der Waals surface area contributed by atoms with Crippen LogP contribution in [-0.2, 0) is 4.79 Å². The number of rotatable bonds is 4. The Balaban J connectivity index is 2.73. The number of primary amides is 1. The lowest BCUT2D eigenvalue weighted by atomic mass is 10.1. The highest BCUT2D eigenvalue weighted by Crippen LogP contribution is 2.14. The average Bonchev–Trinajstić information content (AvgIpc) is 2.14. The van der Waals surface area contributed by atoms with Crippen LogP contribution in [0.15, 0.2) is 18.2 Å². The SMILES string of the molecule is C[C@H]([NH2+]CC(N)=O)c1ccc(F)cc1F. The molecule has 1 aromatic carbocycles. The third-order valence-corrected chi connectivity index (χ3v) is 2.13. The van der Waals surface area contributed by atoms with Crippen LogP contribution in [0.2, 0.25) is 0 Å². The van der Waals surface area contributed by atoms with Gasteiger partial charge in [0.15, 0.2) is 6.54 Å². The normalized spacial score (nSPS) is 12.5. The van der Waals surface area contributed by atoms with E-state index in [0.717, 1.165) is 6.07 Å². The van der Waals surface area contributed by atoms with Gasteiger partial charge in [0.25, 0.3) is 5.91 Å². The first kappa shape index (κ1) is 11.6. The molecule has 0 unspecified atom stereocenters. The van der Waals surface area contributed by atoms with Gasteiger partial charge in [-0.2, -0.15) is 0 Å². The molecule has 15 heavy (non-hydrogen) atoms. The van der Waals surface area contributed by atoms with E-state index in [-0.39, 0.29) is 12.6 Å². The number of halogens is 2. The van der Waals surface area contributed by atoms with Crippen LogP contribution in [0.1, 0.15) is 18.5 Å². The number of benzene rings is 1. The first-order valence-electron chi connectivity index (χ1n) is 4.57. The summed E-state index contributed by atoms with van der Waals surface area (Å²) < 4.78 is 25.8. The lowest BCUT2D eigenvalue weighted by Gasteiger charge is -2.10. The third-order valence-electron chi connectivity index (χ3n) is 2.13. The van der Waals surface area contributed by atoms with Crippen LogP contribution in [0, 0.1) is 11.6 Å². The van der Waals surface area contributed by atoms with Gasteiger partial charge in [-0.15, -0.1) is 0 Å². The Labute approximate surface area is 86.3 Å². The molecule has 0 aliphatic carbocycles. The van der Waals surface area contributed by atoms with Crippen LogP contribution in [0.25, 0.3) is 0 Å². The second-order valence-corrected chi connectivity index (χ2v) is 3.36. The third kappa shape index (κ3) is 3.28. The van der Waals surface area contributed by atoms with Crippen molar-refractivity contribution in [3.8, 4) is 0 Å². The lowest BCUT2D eigenvalue weighted by molar-refractivity contribution is -0.682. The van der Waals surface area contributed by atoms with Gasteiger partial charge in [-0.25, -0.2) is 8.78 Å². The predicted octanol–water partition coefficient (Wildman–Crippen LogP) is 0.0745. The molecular formula is C10H13F2N2O+. The van der Waals surface area contributed by atoms with Gasteiger partial charge in [-0.1, -0.05) is 0 Å². The molecule has 0 saturated heterocycles. The van der Waals surface area contributed by atoms with Gasteiger partial charge in [-0.05, 0) is 19.1 Å². The second-order valence-electron chi connectivity index (χ2n) is 3.36. The summed E-state index contributed by atoms with van der Waals surface area (Å²) in [7, 11) is 0. The Bertz CT molecular complexity index is 368. The quantitative estimate of drug-likeness (QED) is 0.734. The molecule has 0 aromatic heterocycles. The molecule has 1 rings (SSSR count). The van der Waals surface area contributed by atoms with E-state index < -0.39 is 17.5 Å². The fraction of sp³-hybridized carbons (Fsp3) is 0.300. The first-order chi connectivity index (χ1) is 7.00. The number of hydrogen-bond donors (Lipinski definition) is 2. The van der Waals surface area contributed by atoms with Crippen molar-refractivity contribution in [1.82, 2.24) is 0 Å². The number of nitrogens with two attached hydrogens (primary N) is 2. The molecule has 0 spiro atoms. The highest BCUT2D eigenvalue weighted by molar-refractivity contribution is 5.74. The molecule has 3 nitrogen and oxygen atoms in total. The number of hydrogen-bond acceptors (Lipinski definition) is 1. The van der Waals surface area contributed by atoms with Crippen molar-refractivity contribution in [2.24, 2.45) is 5.73 Å². The molecule has 0 heterocycles. The van der Waals surface area contributed by atoms with Gasteiger partial charge in [0, 0.05) is 11.6 Å². The second kappa shape index (κ2) is 4.84. The van der Waals surface area contributed by atoms with Gasteiger partial charge in [0.2, 0.25) is 0 Å². The minimum Gasteiger partial charge on any atom is -0.365 e. The van der Waals surface area contributed by atoms with Crippen LogP contribution in [0.3, 0.4) is 0 Å². The molecule has 5 heteroatoms. The molecular weight excluding hydrogens is 202 g/mol. The van der Waals surface area contributed by atoms with Crippen molar-refractivity contribution in [2.45, 2.75) is 13.0 Å². The van der Waals surface area contributed by atoms with E-state index in [2.05, 4.69) is 0 Å². The zero-order valence-corrected chi connectivity index (χ0v) is 8.34. The fourth-order valence-corrected chi connectivity index (χ4v) is 1.29. The number of carbonyl (C=O) groups is 1. The van der Waals surface area contributed by atoms with E-state index in [1.54, 1.807) is 12.2 Å². The standard InChI is InChI=1S/C10H12F2N2O/c1-6(14-5-10(13)15)8-3-2-7(11)4-9(8)12/h2-4,6,14H,5H2,1H3,(H2,13,15)/p+1/t6-/m0/s1. The first-order valence-corrected chi connectivity index (χ1v) is 4.57. The summed E-state index contributed by atoms with van der Waals surface area (Å²) in [6.45, 7) is 1.80. The van der Waals surface area contributed by atoms with E-state index in [0.29, 0.717) is 5.56 Å². The van der Waals surface area contributed by atoms with Crippen LogP contribution in [0.4, 0.5) is 8.78 Å². The molecule has 4 N–H and O–H groups in total. The van der Waals surface area contributed by atoms with Crippen LogP contribution in [0.5, 0.6) is 0 Å². The number of amides is 1. The molecule has 0 fully saturated rings. The monoisotopic (exact) mass is 215 g/mol. The van der Waals surface area contributed by atoms with E-state index in [1.165, 1.54) is 12.1 Å². The summed E-state index contributed by atoms with van der Waals surface area (Å²) in [4.78, 5) is 10.5. The Morgan fingerprint density at radius 2 is 2.20 bits per heavy atom. The molecule has 0 bridgehead atoms. The summed E-state index contributed by atoms with van der Waals surface area (Å²) in [5.41, 5.74) is 5.32. The molecule has 0 aliphatic heterocycles. The number of carbonyl (C=O) groups excluding carboxylic acids is 1. The maximum Gasteiger partial charge on any atom is 0.272 e. The van der Waals surface area contributed by atoms with Crippen molar-refractivity contribution >= 4 is 5.91 Å². The zero-order valence-electron chi connectivity index (χ0n) is 8.34. The highest BCUT2D eigenvalue weighted by atomic mass is 19.1. The molecule has 1 atom stereocenters. The van der Waals surface area contributed by atoms with Gasteiger partial charge >= 0.3 is 0 Å². The molecule has 0 saturated carbocycles. The molecule has 0 radical (unpaired) electrons. The molecule has 0 aliphatic rings. The van der Waals surface area contributed by atoms with E-state index in [4.69, 9.17) is 5.73 Å². The van der Waals surface area contributed by atoms with Crippen molar-refractivity contribution in [3.63, 3.8) is 0 Å². The van der Waals surface area contributed by atoms with E-state index in [9.17, 15) is 13.6 Å². The van der Waals surface area contributed by atoms with Crippen molar-refractivity contribution in [2.75, 3.05) is 6.54 Å². The smallest absolute Gasteiger partial charge is 0.272 e. The van der Waals surface area contributed by atoms with Gasteiger partial charge in [0.1, 0.15) is 17.7 Å². The van der Waals surface area contributed by atoms with E-state index in [1.807, 2.05) is 0 Å². The largest absolute Gasteiger partial charge is 0.365 e. The molecule has 1 aromatic rings. The predicted molar refractivity (Wildman–Crippen MR) is 50.8 cm³/mol. The van der Waals surface area contributed by atoms with Gasteiger partial charge in [0.05, 0.1) is 0 Å². The summed E-state index contributed by atoms with van der Waals surface area (Å²) in [6, 6.07) is 3.11. The summed E-state index contributed by atoms with van der Waals surface area (Å²) in [5, 5.41) is 1.60. The van der Waals surface area contributed by atoms with Crippen LogP contribution >= 0.6 is 0 Å². The van der Waals surface area contributed by atoms with Crippen molar-refractivity contribution < 1.29 is 18.9 Å². The van der Waals surface area contributed by atoms with Gasteiger partial charge in [-0.3, -0.25) is 4.79 Å². The number of quaternary nitrogens is 1. The minimum atomic E-state index is -0.613. The van der Waals surface area contributed by atoms with E-state index >= 15 is 0 Å². The minimum absolute atomic E-state index is 0.0813. The Morgan fingerprint density at radius 1 is 1.53 bits per heavy atom. The highest BCUT2D eigenvalue weighted by Gasteiger charge is 2.14. The average molecular weight is 215 g/mol. The summed E-state index contributed by atoms with van der Waals surface area (Å²) >= 11 is 0. The maximum atomic E-state index is 13.2. The van der Waals surface area contributed by atoms with Crippen molar-refractivity contribution in [3.05, 3.63) is 35.4 Å². The fourth-order valence-electron chi connectivity index (χ4n) is 1.29. The van der Waals surface area contributed by atoms with Crippen LogP contribution < -0.4 is 11.1 Å². The Kier molecular flexibility index (Phi) is 3.74. The summed E-state index contributed by atoms with van der Waals surface area (Å²) in [6.07, 6.45) is 0. The Hall–Kier alpha value is -1.49. The lowest BCUT2D eigenvalue weighted by Crippen LogP contribution is -2.86. The maximum absolute atomic E-state index is 13.2. The molecule has 82 valence electrons. The zero-order chi connectivity index (χ0) is 11.4. The molecule has 1 amide bonds.